The molecule has 0 radical (unpaired) electrons. The number of nitriles is 1. The Labute approximate surface area is 151 Å². The smallest absolute Gasteiger partial charge is 0.155 e. The van der Waals surface area contributed by atoms with Gasteiger partial charge in [0.15, 0.2) is 6.10 Å². The maximum Gasteiger partial charge on any atom is 0.155 e. The van der Waals surface area contributed by atoms with Gasteiger partial charge in [0.2, 0.25) is 0 Å². The van der Waals surface area contributed by atoms with Gasteiger partial charge in [-0.15, -0.1) is 0 Å². The fourth-order valence-corrected chi connectivity index (χ4v) is 3.45. The highest BCUT2D eigenvalue weighted by Crippen LogP contribution is 2.23. The molecule has 0 unspecified atom stereocenters. The third-order valence-electron chi connectivity index (χ3n) is 4.86. The maximum atomic E-state index is 10.6. The van der Waals surface area contributed by atoms with Crippen molar-refractivity contribution in [1.29, 1.82) is 5.26 Å². The Morgan fingerprint density at radius 1 is 1.38 bits per heavy atom. The van der Waals surface area contributed by atoms with Gasteiger partial charge >= 0.3 is 0 Å². The lowest BCUT2D eigenvalue weighted by molar-refractivity contribution is 0.194. The zero-order valence-corrected chi connectivity index (χ0v) is 14.8. The molecule has 3 aromatic heterocycles. The fourth-order valence-electron chi connectivity index (χ4n) is 3.45. The lowest BCUT2D eigenvalue weighted by atomic mass is 10.2. The largest absolute Gasteiger partial charge is 0.379 e. The van der Waals surface area contributed by atoms with Crippen LogP contribution in [0.15, 0.2) is 24.5 Å². The molecule has 0 bridgehead atoms. The third-order valence-corrected chi connectivity index (χ3v) is 4.86. The van der Waals surface area contributed by atoms with Crippen LogP contribution >= 0.6 is 0 Å². The predicted molar refractivity (Wildman–Crippen MR) is 93.9 cm³/mol. The van der Waals surface area contributed by atoms with Crippen molar-refractivity contribution in [3.8, 4) is 6.07 Å². The molecule has 4 rings (SSSR count). The number of nitrogens with zero attached hydrogens (tertiary/aromatic N) is 6. The van der Waals surface area contributed by atoms with Crippen molar-refractivity contribution in [2.24, 2.45) is 7.05 Å². The number of aliphatic hydroxyl groups excluding tert-OH is 1. The first-order valence-corrected chi connectivity index (χ1v) is 8.58. The van der Waals surface area contributed by atoms with E-state index >= 15 is 0 Å². The van der Waals surface area contributed by atoms with Crippen molar-refractivity contribution in [1.82, 2.24) is 29.2 Å². The molecule has 0 amide bonds. The summed E-state index contributed by atoms with van der Waals surface area (Å²) in [5, 5.41) is 24.2. The van der Waals surface area contributed by atoms with E-state index in [2.05, 4.69) is 26.0 Å². The van der Waals surface area contributed by atoms with Crippen molar-refractivity contribution < 1.29 is 5.11 Å². The standard InChI is InChI=1S/C18H21N7O/c1-12-13(9-19)7-14(21-12)10-24-5-6-25-15(11-24)8-16(22-25)17(26)18-20-3-4-23(18)2/h3-4,7-8,17,21,26H,5-6,10-11H2,1-2H3/t17-/m0/s1. The maximum absolute atomic E-state index is 10.6. The highest BCUT2D eigenvalue weighted by Gasteiger charge is 2.24. The normalized spacial score (nSPS) is 15.6. The number of aryl methyl sites for hydroxylation is 2. The average Bonchev–Trinajstić information content (AvgIpc) is 3.32. The molecule has 3 aromatic rings. The van der Waals surface area contributed by atoms with Crippen LogP contribution in [0.2, 0.25) is 0 Å². The van der Waals surface area contributed by atoms with Crippen molar-refractivity contribution in [3.63, 3.8) is 0 Å². The minimum Gasteiger partial charge on any atom is -0.379 e. The van der Waals surface area contributed by atoms with Gasteiger partial charge in [-0.3, -0.25) is 9.58 Å². The molecule has 4 heterocycles. The molecule has 2 N–H and O–H groups in total. The summed E-state index contributed by atoms with van der Waals surface area (Å²) >= 11 is 0. The quantitative estimate of drug-likeness (QED) is 0.736. The number of aliphatic hydroxyl groups is 1. The number of fused-ring (bicyclic) bond motifs is 1. The molecule has 0 aliphatic carbocycles. The highest BCUT2D eigenvalue weighted by molar-refractivity contribution is 5.36. The van der Waals surface area contributed by atoms with Gasteiger partial charge in [0.1, 0.15) is 11.9 Å². The van der Waals surface area contributed by atoms with Crippen LogP contribution < -0.4 is 0 Å². The molecule has 134 valence electrons. The summed E-state index contributed by atoms with van der Waals surface area (Å²) < 4.78 is 3.76. The molecule has 0 fully saturated rings. The second-order valence-electron chi connectivity index (χ2n) is 6.74. The van der Waals surface area contributed by atoms with Gasteiger partial charge in [-0.2, -0.15) is 10.4 Å². The first kappa shape index (κ1) is 16.6. The molecule has 1 aliphatic rings. The summed E-state index contributed by atoms with van der Waals surface area (Å²) in [6, 6.07) is 6.07. The SMILES string of the molecule is Cc1[nH]c(CN2CCn3nc([C@H](O)c4nccn4C)cc3C2)cc1C#N. The molecular formula is C18H21N7O. The molecule has 1 atom stereocenters. The van der Waals surface area contributed by atoms with Crippen LogP contribution in [0.1, 0.15) is 40.3 Å². The molecule has 26 heavy (non-hydrogen) atoms. The van der Waals surface area contributed by atoms with Crippen LogP contribution in [0.4, 0.5) is 0 Å². The monoisotopic (exact) mass is 351 g/mol. The number of rotatable bonds is 4. The van der Waals surface area contributed by atoms with Gasteiger partial charge < -0.3 is 14.7 Å². The number of hydrogen-bond donors (Lipinski definition) is 2. The molecule has 0 spiro atoms. The molecule has 0 saturated carbocycles. The second kappa shape index (κ2) is 6.44. The predicted octanol–water partition coefficient (Wildman–Crippen LogP) is 1.22. The van der Waals surface area contributed by atoms with Crippen molar-refractivity contribution in [3.05, 3.63) is 58.7 Å². The topological polar surface area (TPSA) is 98.7 Å². The van der Waals surface area contributed by atoms with Crippen LogP contribution in [-0.4, -0.2) is 40.9 Å². The Bertz CT molecular complexity index is 974. The summed E-state index contributed by atoms with van der Waals surface area (Å²) in [6.07, 6.45) is 2.65. The number of aromatic nitrogens is 5. The summed E-state index contributed by atoms with van der Waals surface area (Å²) in [7, 11) is 1.86. The van der Waals surface area contributed by atoms with Crippen LogP contribution in [0.5, 0.6) is 0 Å². The van der Waals surface area contributed by atoms with Crippen molar-refractivity contribution in [2.45, 2.75) is 32.7 Å². The van der Waals surface area contributed by atoms with Gasteiger partial charge in [-0.05, 0) is 19.1 Å². The van der Waals surface area contributed by atoms with Gasteiger partial charge in [-0.1, -0.05) is 0 Å². The summed E-state index contributed by atoms with van der Waals surface area (Å²) in [6.45, 7) is 5.06. The van der Waals surface area contributed by atoms with E-state index in [9.17, 15) is 5.11 Å². The Hall–Kier alpha value is -2.89. The number of aromatic amines is 1. The number of hydrogen-bond acceptors (Lipinski definition) is 5. The Morgan fingerprint density at radius 2 is 2.23 bits per heavy atom. The summed E-state index contributed by atoms with van der Waals surface area (Å²) in [4.78, 5) is 9.79. The minimum absolute atomic E-state index is 0.586. The van der Waals surface area contributed by atoms with E-state index in [4.69, 9.17) is 5.26 Å². The van der Waals surface area contributed by atoms with E-state index < -0.39 is 6.10 Å². The van der Waals surface area contributed by atoms with E-state index in [1.807, 2.05) is 37.0 Å². The van der Waals surface area contributed by atoms with E-state index in [0.717, 1.165) is 43.3 Å². The van der Waals surface area contributed by atoms with Crippen molar-refractivity contribution in [2.75, 3.05) is 6.54 Å². The van der Waals surface area contributed by atoms with Crippen molar-refractivity contribution >= 4 is 0 Å². The van der Waals surface area contributed by atoms with Crippen LogP contribution in [-0.2, 0) is 26.7 Å². The number of H-pyrrole nitrogens is 1. The third kappa shape index (κ3) is 2.92. The Morgan fingerprint density at radius 3 is 2.92 bits per heavy atom. The van der Waals surface area contributed by atoms with Crippen LogP contribution in [0, 0.1) is 18.3 Å². The number of imidazole rings is 1. The van der Waals surface area contributed by atoms with Gasteiger partial charge in [0.25, 0.3) is 0 Å². The van der Waals surface area contributed by atoms with Gasteiger partial charge in [0.05, 0.1) is 23.5 Å². The van der Waals surface area contributed by atoms with E-state index in [1.54, 1.807) is 10.8 Å². The highest BCUT2D eigenvalue weighted by atomic mass is 16.3. The summed E-state index contributed by atoms with van der Waals surface area (Å²) in [5.74, 6) is 0.586. The lowest BCUT2D eigenvalue weighted by Gasteiger charge is -2.26. The molecule has 1 aliphatic heterocycles. The first-order valence-electron chi connectivity index (χ1n) is 8.58. The minimum atomic E-state index is -0.828. The van der Waals surface area contributed by atoms with Crippen LogP contribution in [0.3, 0.4) is 0 Å². The fraction of sp³-hybridized carbons (Fsp3) is 0.389. The zero-order valence-electron chi connectivity index (χ0n) is 14.8. The van der Waals surface area contributed by atoms with Gasteiger partial charge in [-0.25, -0.2) is 4.98 Å². The summed E-state index contributed by atoms with van der Waals surface area (Å²) in [5.41, 5.74) is 4.34. The van der Waals surface area contributed by atoms with Gasteiger partial charge in [0, 0.05) is 50.5 Å². The molecule has 0 aromatic carbocycles. The molecule has 0 saturated heterocycles. The molecule has 8 heteroatoms. The molecule has 8 nitrogen and oxygen atoms in total. The van der Waals surface area contributed by atoms with E-state index in [0.29, 0.717) is 17.1 Å². The average molecular weight is 351 g/mol. The Balaban J connectivity index is 1.50. The lowest BCUT2D eigenvalue weighted by Crippen LogP contribution is -2.33. The first-order chi connectivity index (χ1) is 12.5. The Kier molecular flexibility index (Phi) is 4.11. The second-order valence-corrected chi connectivity index (χ2v) is 6.74. The molecular weight excluding hydrogens is 330 g/mol. The zero-order chi connectivity index (χ0) is 18.3. The number of nitrogens with one attached hydrogen (secondary N) is 1. The van der Waals surface area contributed by atoms with E-state index in [1.165, 1.54) is 0 Å². The van der Waals surface area contributed by atoms with E-state index in [-0.39, 0.29) is 0 Å². The van der Waals surface area contributed by atoms with Crippen LogP contribution in [0.25, 0.3) is 0 Å².